The van der Waals surface area contributed by atoms with Gasteiger partial charge in [0.2, 0.25) is 17.8 Å². The highest BCUT2D eigenvalue weighted by Crippen LogP contribution is 2.62. The Balaban J connectivity index is 1.15. The van der Waals surface area contributed by atoms with Crippen LogP contribution < -0.4 is 9.64 Å². The first kappa shape index (κ1) is 20.8. The average molecular weight is 484 g/mol. The van der Waals surface area contributed by atoms with Gasteiger partial charge in [-0.05, 0) is 54.7 Å². The molecule has 4 unspecified atom stereocenters. The van der Waals surface area contributed by atoms with Crippen LogP contribution in [0.2, 0.25) is 10.0 Å². The number of hydrogen-bond donors (Lipinski definition) is 0. The quantitative estimate of drug-likeness (QED) is 0.362. The highest BCUT2D eigenvalue weighted by molar-refractivity contribution is 6.42. The molecule has 2 aromatic rings. The van der Waals surface area contributed by atoms with Gasteiger partial charge in [-0.2, -0.15) is 0 Å². The number of amides is 2. The first-order valence-electron chi connectivity index (χ1n) is 10.9. The Hall–Kier alpha value is -2.77. The van der Waals surface area contributed by atoms with Crippen molar-refractivity contribution < 1.29 is 19.1 Å². The van der Waals surface area contributed by atoms with E-state index in [9.17, 15) is 14.4 Å². The summed E-state index contributed by atoms with van der Waals surface area (Å²) in [6.07, 6.45) is 8.96. The van der Waals surface area contributed by atoms with Crippen LogP contribution in [-0.2, 0) is 9.59 Å². The number of anilines is 1. The molecule has 4 aliphatic carbocycles. The SMILES string of the molecule is O=C(COc1cnc(N2C(=O)C3C[C@H]4C=CC(C3C2=O)[C@H]2CC24)nc1)c1ccc(Cl)c(Cl)c1. The molecule has 2 amide bonds. The Morgan fingerprint density at radius 1 is 1.03 bits per heavy atom. The van der Waals surface area contributed by atoms with E-state index in [-0.39, 0.29) is 58.7 Å². The average Bonchev–Trinajstić information content (AvgIpc) is 3.60. The van der Waals surface area contributed by atoms with E-state index in [1.165, 1.54) is 18.5 Å². The van der Waals surface area contributed by atoms with Gasteiger partial charge in [-0.15, -0.1) is 0 Å². The predicted molar refractivity (Wildman–Crippen MR) is 120 cm³/mol. The summed E-state index contributed by atoms with van der Waals surface area (Å²) in [4.78, 5) is 48.3. The van der Waals surface area contributed by atoms with Gasteiger partial charge in [0, 0.05) is 5.56 Å². The van der Waals surface area contributed by atoms with E-state index >= 15 is 0 Å². The summed E-state index contributed by atoms with van der Waals surface area (Å²) in [5.41, 5.74) is 0.370. The van der Waals surface area contributed by atoms with Gasteiger partial charge in [0.1, 0.15) is 0 Å². The van der Waals surface area contributed by atoms with Crippen molar-refractivity contribution in [1.82, 2.24) is 9.97 Å². The van der Waals surface area contributed by atoms with Crippen LogP contribution in [0.1, 0.15) is 23.2 Å². The summed E-state index contributed by atoms with van der Waals surface area (Å²) in [6, 6.07) is 4.59. The lowest BCUT2D eigenvalue weighted by molar-refractivity contribution is -0.123. The second-order valence-electron chi connectivity index (χ2n) is 9.13. The maximum Gasteiger partial charge on any atom is 0.240 e. The Kier molecular flexibility index (Phi) is 4.82. The van der Waals surface area contributed by atoms with Crippen molar-refractivity contribution in [2.75, 3.05) is 11.5 Å². The number of imide groups is 1. The smallest absolute Gasteiger partial charge is 0.240 e. The third kappa shape index (κ3) is 3.37. The Morgan fingerprint density at radius 3 is 2.58 bits per heavy atom. The molecule has 7 rings (SSSR count). The maximum atomic E-state index is 13.3. The standard InChI is InChI=1S/C24H19Cl2N3O4/c25-18-4-2-12(6-19(18)26)20(30)10-33-13-8-27-24(28-9-13)29-22(31)17-5-11-1-3-14(16-7-15(11)16)21(17)23(29)32/h1-4,6,8-9,11,14-17,21H,5,7,10H2/t11-,14?,15?,16-,17?,21?/m1/s1. The minimum absolute atomic E-state index is 0.0495. The number of allylic oxidation sites excluding steroid dienone is 2. The highest BCUT2D eigenvalue weighted by atomic mass is 35.5. The molecule has 1 saturated heterocycles. The lowest BCUT2D eigenvalue weighted by atomic mass is 9.81. The Labute approximate surface area is 199 Å². The van der Waals surface area contributed by atoms with E-state index in [1.54, 1.807) is 12.1 Å². The Bertz CT molecular complexity index is 1210. The molecule has 1 aromatic carbocycles. The van der Waals surface area contributed by atoms with Crippen LogP contribution in [0.4, 0.5) is 5.95 Å². The van der Waals surface area contributed by atoms with Crippen molar-refractivity contribution in [3.8, 4) is 5.75 Å². The number of halogens is 2. The molecule has 0 spiro atoms. The molecule has 9 heteroatoms. The number of Topliss-reactive ketones (excluding diaryl/α,β-unsaturated/α-hetero) is 1. The number of carbonyl (C=O) groups is 3. The molecule has 2 heterocycles. The summed E-state index contributed by atoms with van der Waals surface area (Å²) in [7, 11) is 0. The van der Waals surface area contributed by atoms with Gasteiger partial charge in [-0.25, -0.2) is 14.9 Å². The fourth-order valence-electron chi connectivity index (χ4n) is 5.69. The lowest BCUT2D eigenvalue weighted by Crippen LogP contribution is -2.34. The second-order valence-corrected chi connectivity index (χ2v) is 9.94. The molecule has 0 N–H and O–H groups in total. The van der Waals surface area contributed by atoms with Crippen LogP contribution >= 0.6 is 23.2 Å². The summed E-state index contributed by atoms with van der Waals surface area (Å²) < 4.78 is 5.49. The largest absolute Gasteiger partial charge is 0.482 e. The zero-order valence-electron chi connectivity index (χ0n) is 17.4. The first-order valence-corrected chi connectivity index (χ1v) is 11.7. The third-order valence-electron chi connectivity index (χ3n) is 7.36. The summed E-state index contributed by atoms with van der Waals surface area (Å²) >= 11 is 11.8. The number of aromatic nitrogens is 2. The number of ether oxygens (including phenoxy) is 1. The Morgan fingerprint density at radius 2 is 1.82 bits per heavy atom. The fraction of sp³-hybridized carbons (Fsp3) is 0.375. The summed E-state index contributed by atoms with van der Waals surface area (Å²) in [6.45, 7) is -0.246. The van der Waals surface area contributed by atoms with Crippen LogP contribution in [0.3, 0.4) is 0 Å². The molecule has 3 fully saturated rings. The number of benzene rings is 1. The van der Waals surface area contributed by atoms with Crippen molar-refractivity contribution in [3.05, 3.63) is 58.4 Å². The zero-order valence-corrected chi connectivity index (χ0v) is 18.9. The fourth-order valence-corrected chi connectivity index (χ4v) is 5.99. The van der Waals surface area contributed by atoms with Crippen molar-refractivity contribution in [3.63, 3.8) is 0 Å². The van der Waals surface area contributed by atoms with Crippen molar-refractivity contribution >= 4 is 46.7 Å². The van der Waals surface area contributed by atoms with Crippen LogP contribution in [-0.4, -0.2) is 34.2 Å². The third-order valence-corrected chi connectivity index (χ3v) is 8.10. The van der Waals surface area contributed by atoms with Crippen LogP contribution in [0.5, 0.6) is 5.75 Å². The van der Waals surface area contributed by atoms with Crippen molar-refractivity contribution in [2.24, 2.45) is 35.5 Å². The maximum absolute atomic E-state index is 13.3. The van der Waals surface area contributed by atoms with E-state index in [0.29, 0.717) is 28.3 Å². The van der Waals surface area contributed by atoms with E-state index in [0.717, 1.165) is 17.7 Å². The minimum Gasteiger partial charge on any atom is -0.482 e. The number of ketones is 1. The molecule has 2 bridgehead atoms. The molecule has 33 heavy (non-hydrogen) atoms. The zero-order chi connectivity index (χ0) is 22.9. The molecule has 1 aliphatic heterocycles. The molecule has 1 aromatic heterocycles. The number of rotatable bonds is 5. The number of nitrogens with zero attached hydrogens (tertiary/aromatic N) is 3. The molecule has 6 atom stereocenters. The van der Waals surface area contributed by atoms with Crippen LogP contribution in [0.15, 0.2) is 42.7 Å². The first-order chi connectivity index (χ1) is 15.9. The highest BCUT2D eigenvalue weighted by Gasteiger charge is 2.62. The summed E-state index contributed by atoms with van der Waals surface area (Å²) in [5.74, 6) is 0.650. The van der Waals surface area contributed by atoms with Crippen molar-refractivity contribution in [1.29, 1.82) is 0 Å². The summed E-state index contributed by atoms with van der Waals surface area (Å²) in [5, 5.41) is 0.646. The molecule has 2 saturated carbocycles. The predicted octanol–water partition coefficient (Wildman–Crippen LogP) is 3.99. The monoisotopic (exact) mass is 483 g/mol. The number of carbonyl (C=O) groups excluding carboxylic acids is 3. The van der Waals surface area contributed by atoms with Crippen molar-refractivity contribution in [2.45, 2.75) is 12.8 Å². The van der Waals surface area contributed by atoms with Gasteiger partial charge < -0.3 is 4.74 Å². The van der Waals surface area contributed by atoms with Gasteiger partial charge in [-0.3, -0.25) is 14.4 Å². The van der Waals surface area contributed by atoms with Gasteiger partial charge in [0.05, 0.1) is 34.3 Å². The van der Waals surface area contributed by atoms with Crippen LogP contribution in [0, 0.1) is 35.5 Å². The van der Waals surface area contributed by atoms with E-state index < -0.39 is 0 Å². The lowest BCUT2D eigenvalue weighted by Gasteiger charge is -2.21. The molecular weight excluding hydrogens is 465 g/mol. The molecule has 7 nitrogen and oxygen atoms in total. The molecular formula is C24H19Cl2N3O4. The van der Waals surface area contributed by atoms with Gasteiger partial charge >= 0.3 is 0 Å². The van der Waals surface area contributed by atoms with E-state index in [2.05, 4.69) is 22.1 Å². The molecule has 5 aliphatic rings. The normalized spacial score (nSPS) is 31.3. The van der Waals surface area contributed by atoms with E-state index in [1.807, 2.05) is 0 Å². The van der Waals surface area contributed by atoms with Gasteiger partial charge in [0.15, 0.2) is 18.1 Å². The second kappa shape index (κ2) is 7.64. The molecule has 0 radical (unpaired) electrons. The van der Waals surface area contributed by atoms with Gasteiger partial charge in [-0.1, -0.05) is 35.4 Å². The molecule has 168 valence electrons. The number of hydrogen-bond acceptors (Lipinski definition) is 6. The van der Waals surface area contributed by atoms with Gasteiger partial charge in [0.25, 0.3) is 0 Å². The topological polar surface area (TPSA) is 89.5 Å². The van der Waals surface area contributed by atoms with Crippen LogP contribution in [0.25, 0.3) is 0 Å². The van der Waals surface area contributed by atoms with E-state index in [4.69, 9.17) is 27.9 Å². The minimum atomic E-state index is -0.320.